The highest BCUT2D eigenvalue weighted by Gasteiger charge is 2.15. The SMILES string of the molecule is O=[N+]([O-])c1ccc(-c2n[nH]c(Cl)n2)o1. The molecule has 2 heterocycles. The lowest BCUT2D eigenvalue weighted by molar-refractivity contribution is -0.401. The Bertz CT molecular complexity index is 477. The van der Waals surface area contributed by atoms with Gasteiger partial charge in [-0.2, -0.15) is 4.98 Å². The molecule has 0 aliphatic carbocycles. The predicted octanol–water partition coefficient (Wildman–Crippen LogP) is 1.63. The van der Waals surface area contributed by atoms with Crippen LogP contribution in [0.15, 0.2) is 16.5 Å². The topological polar surface area (TPSA) is 97.8 Å². The summed E-state index contributed by atoms with van der Waals surface area (Å²) in [6, 6.07) is 2.62. The van der Waals surface area contributed by atoms with Gasteiger partial charge in [-0.05, 0) is 17.7 Å². The van der Waals surface area contributed by atoms with Crippen molar-refractivity contribution in [1.29, 1.82) is 0 Å². The van der Waals surface area contributed by atoms with Gasteiger partial charge in [-0.25, -0.2) is 5.10 Å². The van der Waals surface area contributed by atoms with Gasteiger partial charge in [0.1, 0.15) is 4.92 Å². The number of halogens is 1. The van der Waals surface area contributed by atoms with Gasteiger partial charge in [0.25, 0.3) is 0 Å². The van der Waals surface area contributed by atoms with Crippen molar-refractivity contribution in [3.8, 4) is 11.6 Å². The van der Waals surface area contributed by atoms with Crippen LogP contribution in [0.5, 0.6) is 0 Å². The van der Waals surface area contributed by atoms with Crippen molar-refractivity contribution in [3.63, 3.8) is 0 Å². The van der Waals surface area contributed by atoms with E-state index in [0.717, 1.165) is 0 Å². The molecular formula is C6H3ClN4O3. The number of rotatable bonds is 2. The van der Waals surface area contributed by atoms with Crippen LogP contribution in [0.3, 0.4) is 0 Å². The quantitative estimate of drug-likeness (QED) is 0.605. The second kappa shape index (κ2) is 3.11. The zero-order chi connectivity index (χ0) is 10.1. The van der Waals surface area contributed by atoms with Gasteiger partial charge < -0.3 is 4.42 Å². The van der Waals surface area contributed by atoms with E-state index in [1.54, 1.807) is 0 Å². The first-order valence-corrected chi connectivity index (χ1v) is 3.87. The Morgan fingerprint density at radius 1 is 1.57 bits per heavy atom. The summed E-state index contributed by atoms with van der Waals surface area (Å²) in [5.74, 6) is 0.0175. The fourth-order valence-electron chi connectivity index (χ4n) is 0.898. The maximum absolute atomic E-state index is 10.3. The summed E-state index contributed by atoms with van der Waals surface area (Å²) in [5.41, 5.74) is 0. The minimum absolute atomic E-state index is 0.0963. The molecule has 2 aromatic heterocycles. The molecule has 8 heteroatoms. The summed E-state index contributed by atoms with van der Waals surface area (Å²) in [6.45, 7) is 0. The lowest BCUT2D eigenvalue weighted by Crippen LogP contribution is -1.83. The van der Waals surface area contributed by atoms with Crippen molar-refractivity contribution in [3.05, 3.63) is 27.5 Å². The van der Waals surface area contributed by atoms with Crippen LogP contribution in [0, 0.1) is 10.1 Å². The van der Waals surface area contributed by atoms with Crippen LogP contribution in [0.25, 0.3) is 11.6 Å². The van der Waals surface area contributed by atoms with Crippen LogP contribution < -0.4 is 0 Å². The van der Waals surface area contributed by atoms with Crippen molar-refractivity contribution >= 4 is 17.5 Å². The minimum atomic E-state index is -0.641. The Balaban J connectivity index is 2.38. The van der Waals surface area contributed by atoms with Crippen LogP contribution in [-0.4, -0.2) is 20.1 Å². The first-order valence-electron chi connectivity index (χ1n) is 3.49. The molecule has 0 spiro atoms. The fraction of sp³-hybridized carbons (Fsp3) is 0. The highest BCUT2D eigenvalue weighted by molar-refractivity contribution is 6.28. The maximum atomic E-state index is 10.3. The Labute approximate surface area is 81.9 Å². The van der Waals surface area contributed by atoms with E-state index >= 15 is 0 Å². The number of nitro groups is 1. The summed E-state index contributed by atoms with van der Waals surface area (Å²) >= 11 is 5.47. The van der Waals surface area contributed by atoms with Crippen LogP contribution in [0.4, 0.5) is 5.88 Å². The second-order valence-electron chi connectivity index (χ2n) is 2.34. The van der Waals surface area contributed by atoms with Gasteiger partial charge in [-0.1, -0.05) is 0 Å². The molecule has 2 aromatic rings. The van der Waals surface area contributed by atoms with Gasteiger partial charge in [0.2, 0.25) is 11.1 Å². The standard InChI is InChI=1S/C6H3ClN4O3/c7-6-8-5(9-10-6)3-1-2-4(14-3)11(12)13/h1-2H,(H,8,9,10). The summed E-state index contributed by atoms with van der Waals surface area (Å²) in [4.78, 5) is 13.4. The molecule has 0 aliphatic rings. The third kappa shape index (κ3) is 1.44. The molecule has 0 saturated carbocycles. The largest absolute Gasteiger partial charge is 0.433 e. The Morgan fingerprint density at radius 2 is 2.36 bits per heavy atom. The molecule has 14 heavy (non-hydrogen) atoms. The zero-order valence-electron chi connectivity index (χ0n) is 6.60. The predicted molar refractivity (Wildman–Crippen MR) is 45.7 cm³/mol. The monoisotopic (exact) mass is 214 g/mol. The van der Waals surface area contributed by atoms with Gasteiger partial charge >= 0.3 is 5.88 Å². The minimum Gasteiger partial charge on any atom is -0.397 e. The van der Waals surface area contributed by atoms with E-state index in [1.165, 1.54) is 12.1 Å². The molecule has 72 valence electrons. The van der Waals surface area contributed by atoms with Crippen LogP contribution in [-0.2, 0) is 0 Å². The first kappa shape index (κ1) is 8.70. The molecule has 0 aromatic carbocycles. The summed E-state index contributed by atoms with van der Waals surface area (Å²) in [6.07, 6.45) is 0. The highest BCUT2D eigenvalue weighted by atomic mass is 35.5. The van der Waals surface area contributed by atoms with E-state index in [0.29, 0.717) is 0 Å². The average molecular weight is 215 g/mol. The van der Waals surface area contributed by atoms with E-state index in [1.807, 2.05) is 0 Å². The third-order valence-corrected chi connectivity index (χ3v) is 1.62. The van der Waals surface area contributed by atoms with Crippen molar-refractivity contribution in [2.24, 2.45) is 0 Å². The number of H-pyrrole nitrogens is 1. The molecule has 0 amide bonds. The second-order valence-corrected chi connectivity index (χ2v) is 2.70. The molecular weight excluding hydrogens is 212 g/mol. The van der Waals surface area contributed by atoms with E-state index in [-0.39, 0.29) is 22.8 Å². The summed E-state index contributed by atoms with van der Waals surface area (Å²) in [7, 11) is 0. The molecule has 0 atom stereocenters. The number of aromatic amines is 1. The first-order chi connectivity index (χ1) is 6.66. The lowest BCUT2D eigenvalue weighted by Gasteiger charge is -1.84. The van der Waals surface area contributed by atoms with Crippen LogP contribution >= 0.6 is 11.6 Å². The van der Waals surface area contributed by atoms with Crippen molar-refractivity contribution in [2.75, 3.05) is 0 Å². The highest BCUT2D eigenvalue weighted by Crippen LogP contribution is 2.23. The van der Waals surface area contributed by atoms with Gasteiger partial charge in [0.05, 0.1) is 6.07 Å². The molecule has 0 fully saturated rings. The molecule has 0 radical (unpaired) electrons. The van der Waals surface area contributed by atoms with Crippen molar-refractivity contribution < 1.29 is 9.34 Å². The summed E-state index contributed by atoms with van der Waals surface area (Å²) in [5, 5.41) is 16.4. The van der Waals surface area contributed by atoms with Gasteiger partial charge in [-0.3, -0.25) is 10.1 Å². The van der Waals surface area contributed by atoms with Crippen LogP contribution in [0.1, 0.15) is 0 Å². The normalized spacial score (nSPS) is 10.4. The molecule has 2 rings (SSSR count). The van der Waals surface area contributed by atoms with E-state index in [2.05, 4.69) is 15.2 Å². The number of hydrogen-bond donors (Lipinski definition) is 1. The average Bonchev–Trinajstić information content (AvgIpc) is 2.70. The third-order valence-electron chi connectivity index (χ3n) is 1.45. The van der Waals surface area contributed by atoms with E-state index in [4.69, 9.17) is 16.0 Å². The Hall–Kier alpha value is -1.89. The molecule has 0 aliphatic heterocycles. The number of nitrogens with one attached hydrogen (secondary N) is 1. The zero-order valence-corrected chi connectivity index (χ0v) is 7.35. The number of hydrogen-bond acceptors (Lipinski definition) is 5. The maximum Gasteiger partial charge on any atom is 0.433 e. The Morgan fingerprint density at radius 3 is 2.86 bits per heavy atom. The Kier molecular flexibility index (Phi) is 1.93. The molecule has 0 bridgehead atoms. The fourth-order valence-corrected chi connectivity index (χ4v) is 1.02. The molecule has 0 saturated heterocycles. The lowest BCUT2D eigenvalue weighted by atomic mass is 10.4. The number of nitrogens with zero attached hydrogens (tertiary/aromatic N) is 3. The van der Waals surface area contributed by atoms with E-state index < -0.39 is 4.92 Å². The van der Waals surface area contributed by atoms with Crippen LogP contribution in [0.2, 0.25) is 5.28 Å². The van der Waals surface area contributed by atoms with Gasteiger partial charge in [-0.15, -0.1) is 5.10 Å². The molecule has 0 unspecified atom stereocenters. The summed E-state index contributed by atoms with van der Waals surface area (Å²) < 4.78 is 4.84. The van der Waals surface area contributed by atoms with Gasteiger partial charge in [0, 0.05) is 0 Å². The number of furan rings is 1. The van der Waals surface area contributed by atoms with Crippen molar-refractivity contribution in [2.45, 2.75) is 0 Å². The molecule has 7 nitrogen and oxygen atoms in total. The molecule has 1 N–H and O–H groups in total. The van der Waals surface area contributed by atoms with Crippen molar-refractivity contribution in [1.82, 2.24) is 15.2 Å². The van der Waals surface area contributed by atoms with Gasteiger partial charge in [0.15, 0.2) is 5.76 Å². The number of aromatic nitrogens is 3. The van der Waals surface area contributed by atoms with E-state index in [9.17, 15) is 10.1 Å². The smallest absolute Gasteiger partial charge is 0.397 e.